The van der Waals surface area contributed by atoms with Crippen molar-refractivity contribution in [2.75, 3.05) is 46.0 Å². The number of carbonyl (C=O) groups is 4. The van der Waals surface area contributed by atoms with E-state index in [1.807, 2.05) is 130 Å². The van der Waals surface area contributed by atoms with Crippen molar-refractivity contribution in [1.29, 1.82) is 5.26 Å². The van der Waals surface area contributed by atoms with E-state index in [4.69, 9.17) is 221 Å². The van der Waals surface area contributed by atoms with Crippen LogP contribution in [0.4, 0.5) is 5.69 Å². The lowest BCUT2D eigenvalue weighted by molar-refractivity contribution is -0.145. The molecule has 0 saturated heterocycles. The number of aliphatic carboxylic acids is 1. The smallest absolute Gasteiger partial charge is 0.308 e. The Bertz CT molecular complexity index is 5260. The summed E-state index contributed by atoms with van der Waals surface area (Å²) in [6.45, 7) is 21.5. The summed E-state index contributed by atoms with van der Waals surface area (Å²) in [5.41, 5.74) is 15.3. The van der Waals surface area contributed by atoms with Crippen LogP contribution in [0.25, 0.3) is 11.0 Å². The second-order valence-corrected chi connectivity index (χ2v) is 37.2. The molecule has 11 unspecified atom stereocenters. The molecule has 0 amide bonds. The van der Waals surface area contributed by atoms with Gasteiger partial charge in [-0.1, -0.05) is 316 Å². The number of anilines is 1. The van der Waals surface area contributed by atoms with Crippen molar-refractivity contribution in [3.05, 3.63) is 301 Å². The number of benzene rings is 9. The molecule has 0 saturated carbocycles. The minimum absolute atomic E-state index is 0.00258. The number of nitrogens with two attached hydrogens (primary N) is 1. The van der Waals surface area contributed by atoms with E-state index in [2.05, 4.69) is 27.7 Å². The number of hydrogen-bond donors (Lipinski definition) is 4. The van der Waals surface area contributed by atoms with Gasteiger partial charge in [0.2, 0.25) is 0 Å². The number of aldehydes is 1. The summed E-state index contributed by atoms with van der Waals surface area (Å²) >= 11 is 94.1. The number of hydrogen-bond acceptors (Lipinski definition) is 15. The molecule has 1 aromatic heterocycles. The Labute approximate surface area is 814 Å². The number of carbonyl (C=O) groups excluding carboxylic acids is 3. The first-order chi connectivity index (χ1) is 58.6. The predicted octanol–water partition coefficient (Wildman–Crippen LogP) is 30.2. The van der Waals surface area contributed by atoms with Crippen LogP contribution in [0.3, 0.4) is 0 Å². The van der Waals surface area contributed by atoms with Crippen LogP contribution in [-0.2, 0) is 43.0 Å². The summed E-state index contributed by atoms with van der Waals surface area (Å²) < 4.78 is 35.7. The Hall–Kier alpha value is -5.84. The van der Waals surface area contributed by atoms with Crippen LogP contribution >= 0.6 is 186 Å². The van der Waals surface area contributed by atoms with Gasteiger partial charge < -0.3 is 35.3 Å². The van der Waals surface area contributed by atoms with E-state index in [1.165, 1.54) is 14.2 Å². The lowest BCUT2D eigenvalue weighted by atomic mass is 9.89. The summed E-state index contributed by atoms with van der Waals surface area (Å²) in [6.07, 6.45) is 6.11. The molecule has 0 aliphatic heterocycles. The highest BCUT2D eigenvalue weighted by Gasteiger charge is 2.25. The quantitative estimate of drug-likeness (QED) is 0.0201. The van der Waals surface area contributed by atoms with E-state index in [1.54, 1.807) is 116 Å². The van der Waals surface area contributed by atoms with E-state index in [-0.39, 0.29) is 103 Å². The third-order valence-corrected chi connectivity index (χ3v) is 24.3. The van der Waals surface area contributed by atoms with Gasteiger partial charge in [-0.05, 0) is 195 Å². The first-order valence-electron chi connectivity index (χ1n) is 38.4. The number of nitriles is 1. The van der Waals surface area contributed by atoms with E-state index in [0.717, 1.165) is 68.1 Å². The maximum absolute atomic E-state index is 11.4. The number of halogens is 16. The molecule has 11 atom stereocenters. The molecule has 33 heteroatoms. The number of carboxylic acid groups (broad SMARTS) is 1. The van der Waals surface area contributed by atoms with Gasteiger partial charge in [-0.25, -0.2) is 0 Å². The second-order valence-electron chi connectivity index (χ2n) is 28.8. The molecule has 16 nitrogen and oxygen atoms in total. The fourth-order valence-electron chi connectivity index (χ4n) is 11.1. The van der Waals surface area contributed by atoms with Crippen LogP contribution < -0.4 is 5.73 Å². The van der Waals surface area contributed by atoms with Crippen LogP contribution in [0.15, 0.2) is 176 Å². The van der Waals surface area contributed by atoms with Gasteiger partial charge >= 0.3 is 17.9 Å². The fraction of sp³-hybridized carbons (Fsp3) is 0.337. The number of carboxylic acids is 1. The van der Waals surface area contributed by atoms with Crippen LogP contribution in [0.2, 0.25) is 80.4 Å². The molecule has 0 radical (unpaired) electrons. The monoisotopic (exact) mass is 2040 g/mol. The van der Waals surface area contributed by atoms with Gasteiger partial charge in [0.1, 0.15) is 11.8 Å². The molecule has 125 heavy (non-hydrogen) atoms. The van der Waals surface area contributed by atoms with Crippen LogP contribution in [0, 0.1) is 29.1 Å². The molecule has 0 aliphatic rings. The maximum atomic E-state index is 11.4. The number of nitrogens with zero attached hydrogens (tertiary/aromatic N) is 3. The first kappa shape index (κ1) is 115. The van der Waals surface area contributed by atoms with E-state index in [9.17, 15) is 27.6 Å². The van der Waals surface area contributed by atoms with E-state index in [0.29, 0.717) is 98.9 Å². The summed E-state index contributed by atoms with van der Waals surface area (Å²) in [5, 5.41) is 44.6. The zero-order chi connectivity index (χ0) is 94.9. The van der Waals surface area contributed by atoms with Gasteiger partial charge in [-0.15, -0.1) is 0 Å². The molecule has 1 heterocycles. The van der Waals surface area contributed by atoms with Gasteiger partial charge in [-0.2, -0.15) is 13.7 Å². The Kier molecular flexibility index (Phi) is 54.8. The van der Waals surface area contributed by atoms with Gasteiger partial charge in [-0.3, -0.25) is 28.5 Å². The number of aliphatic hydroxyl groups is 2. The molecule has 678 valence electrons. The molecule has 0 aliphatic carbocycles. The van der Waals surface area contributed by atoms with Crippen LogP contribution in [0.1, 0.15) is 187 Å². The van der Waals surface area contributed by atoms with Gasteiger partial charge in [0.25, 0.3) is 10.1 Å². The average Bonchev–Trinajstić information content (AvgIpc) is 0.870. The normalized spacial score (nSPS) is 13.2. The molecular formula is C92H100Cl16N4O12S. The summed E-state index contributed by atoms with van der Waals surface area (Å²) in [7, 11) is -0.660. The van der Waals surface area contributed by atoms with Crippen molar-refractivity contribution >= 4 is 237 Å². The average molecular weight is 2050 g/mol. The first-order valence-corrected chi connectivity index (χ1v) is 46.3. The van der Waals surface area contributed by atoms with Crippen molar-refractivity contribution < 1.29 is 56.6 Å². The summed E-state index contributed by atoms with van der Waals surface area (Å²) in [4.78, 5) is 51.8. The maximum Gasteiger partial charge on any atom is 0.308 e. The largest absolute Gasteiger partial charge is 0.481 e. The van der Waals surface area contributed by atoms with Crippen molar-refractivity contribution in [2.24, 2.45) is 17.8 Å². The molecule has 10 aromatic rings. The van der Waals surface area contributed by atoms with Crippen molar-refractivity contribution in [3.63, 3.8) is 0 Å². The molecule has 5 N–H and O–H groups in total. The lowest BCUT2D eigenvalue weighted by Gasteiger charge is -2.19. The molecule has 10 rings (SSSR count). The lowest BCUT2D eigenvalue weighted by Crippen LogP contribution is -2.19. The number of para-hydroxylation sites is 1. The number of rotatable bonds is 23. The molecular weight excluding hydrogens is 1950 g/mol. The molecule has 0 spiro atoms. The number of ether oxygens (including phenoxy) is 2. The van der Waals surface area contributed by atoms with E-state index >= 15 is 0 Å². The van der Waals surface area contributed by atoms with Gasteiger partial charge in [0.05, 0.1) is 63.1 Å². The molecule has 9 aromatic carbocycles. The van der Waals surface area contributed by atoms with E-state index < -0.39 is 16.1 Å². The molecule has 0 bridgehead atoms. The zero-order valence-electron chi connectivity index (χ0n) is 70.8. The summed E-state index contributed by atoms with van der Waals surface area (Å²) in [5.74, 6) is -0.968. The third kappa shape index (κ3) is 42.3. The van der Waals surface area contributed by atoms with Crippen molar-refractivity contribution in [3.8, 4) is 6.07 Å². The zero-order valence-corrected chi connectivity index (χ0v) is 83.7. The minimum Gasteiger partial charge on any atom is -0.481 e. The minimum atomic E-state index is -3.42. The Morgan fingerprint density at radius 1 is 0.440 bits per heavy atom. The Morgan fingerprint density at radius 3 is 1.08 bits per heavy atom. The molecule has 0 fully saturated rings. The van der Waals surface area contributed by atoms with Crippen molar-refractivity contribution in [1.82, 2.24) is 9.97 Å². The highest BCUT2D eigenvalue weighted by Crippen LogP contribution is 2.38. The predicted molar refractivity (Wildman–Crippen MR) is 523 cm³/mol. The SMILES string of the molecule is CC(C=O)C(C)c1ccc(Cl)cc1Cl.CC(CC#N)c1ccc(Cl)cc1Cl.CC(CC(=O)O)c1ccc(Cl)cc1Cl.CC(CO)C(C)c1ccc(Cl)cc1Cl.CC(CO)c1ccc(Cl)cc1Cl.CC(COS(C)(=O)=O)c1ccc(Cl)cc1Cl.COC(=O)C(C)C(C)c1ccc(Cl)cc1Cl.COC(=O)CC(C)c1ccc(Cl)cc1Cl.Nc1cccc2nccnc12. The van der Waals surface area contributed by atoms with Gasteiger partial charge in [0, 0.05) is 130 Å². The summed E-state index contributed by atoms with van der Waals surface area (Å²) in [6, 6.07) is 49.9. The fourth-order valence-corrected chi connectivity index (χ4v) is 16.3. The van der Waals surface area contributed by atoms with Crippen molar-refractivity contribution in [2.45, 2.75) is 143 Å². The highest BCUT2D eigenvalue weighted by molar-refractivity contribution is 7.86. The standard InChI is InChI=1S/C12H14Cl2O2.C11H12Cl2O2.C11H14Cl2O.C11H12Cl2O.C10H9Cl2N.C10H12Cl2O3S.C10H10Cl2O2.C9H10Cl2O.C8H7N3/c1-7(8(2)12(15)16-3)10-5-4-9(13)6-11(10)14;1-7(5-11(14)15-2)9-4-3-8(12)6-10(9)13;2*1-7(6-14)8(2)10-4-3-9(12)5-11(10)13;1-7(4-5-13)9-3-2-8(11)6-10(9)12;1-7(6-15-16(2,13)14)9-4-3-8(11)5-10(9)12;1-6(4-10(13)14)8-3-2-7(11)5-9(8)12;1-6(5-12)8-3-2-7(10)4-9(8)11;9-6-2-1-3-7-8(6)11-5-4-10-7/h4-8H,1-3H3;3-4,6-7H,5H2,1-2H3;3-5,7-8,14H,6H2,1-2H3;3-8H,1-2H3;2-3,6-7H,4H2,1H3;3-5,7H,6H2,1-2H3;2-3,5-6H,4H2,1H3,(H,13,14);2-4,6,12H,5H2,1H3;1-5H,9H2. The number of fused-ring (bicyclic) bond motifs is 1. The number of esters is 2. The number of methoxy groups -OCH3 is 2. The topological polar surface area (TPSA) is 266 Å². The Morgan fingerprint density at radius 2 is 0.768 bits per heavy atom. The van der Waals surface area contributed by atoms with Crippen LogP contribution in [-0.4, -0.2) is 98.2 Å². The third-order valence-electron chi connectivity index (χ3n) is 19.2. The number of aliphatic hydroxyl groups excluding tert-OH is 2. The van der Waals surface area contributed by atoms with Crippen LogP contribution in [0.5, 0.6) is 0 Å². The second kappa shape index (κ2) is 59.5. The highest BCUT2D eigenvalue weighted by atomic mass is 35.5. The number of aromatic nitrogens is 2. The number of nitrogen functional groups attached to an aromatic ring is 1. The Balaban J connectivity index is 0.000000477. The van der Waals surface area contributed by atoms with Gasteiger partial charge in [0.15, 0.2) is 0 Å².